The van der Waals surface area contributed by atoms with Crippen LogP contribution >= 0.6 is 0 Å². The van der Waals surface area contributed by atoms with Crippen LogP contribution in [0.3, 0.4) is 0 Å². The maximum Gasteiger partial charge on any atom is 0.0663 e. The van der Waals surface area contributed by atoms with E-state index in [1.165, 1.54) is 42.4 Å². The molecule has 0 saturated heterocycles. The second kappa shape index (κ2) is 6.53. The fourth-order valence-corrected chi connectivity index (χ4v) is 3.10. The van der Waals surface area contributed by atoms with Gasteiger partial charge in [0.05, 0.1) is 18.8 Å². The summed E-state index contributed by atoms with van der Waals surface area (Å²) < 4.78 is 6.03. The van der Waals surface area contributed by atoms with Crippen molar-refractivity contribution in [2.24, 2.45) is 11.7 Å². The summed E-state index contributed by atoms with van der Waals surface area (Å²) in [5, 5.41) is 0. The van der Waals surface area contributed by atoms with Gasteiger partial charge in [0.15, 0.2) is 0 Å². The monoisotopic (exact) mass is 261 g/mol. The third-order valence-corrected chi connectivity index (χ3v) is 4.22. The van der Waals surface area contributed by atoms with Crippen molar-refractivity contribution in [3.63, 3.8) is 0 Å². The fourth-order valence-electron chi connectivity index (χ4n) is 3.10. The lowest BCUT2D eigenvalue weighted by atomic mass is 9.88. The molecule has 0 aliphatic heterocycles. The van der Waals surface area contributed by atoms with Crippen LogP contribution in [0, 0.1) is 19.8 Å². The van der Waals surface area contributed by atoms with E-state index in [1.807, 2.05) is 0 Å². The number of hydrogen-bond donors (Lipinski definition) is 1. The Labute approximate surface area is 117 Å². The van der Waals surface area contributed by atoms with Crippen molar-refractivity contribution in [2.75, 3.05) is 6.61 Å². The molecule has 1 aromatic rings. The van der Waals surface area contributed by atoms with Crippen LogP contribution in [-0.4, -0.2) is 12.7 Å². The minimum Gasteiger partial charge on any atom is -0.376 e. The number of aryl methyl sites for hydroxylation is 2. The highest BCUT2D eigenvalue weighted by molar-refractivity contribution is 5.32. The first-order valence-electron chi connectivity index (χ1n) is 7.50. The summed E-state index contributed by atoms with van der Waals surface area (Å²) in [6.45, 7) is 7.20. The van der Waals surface area contributed by atoms with Crippen LogP contribution in [0.4, 0.5) is 0 Å². The molecule has 3 unspecified atom stereocenters. The van der Waals surface area contributed by atoms with Crippen LogP contribution in [0.25, 0.3) is 0 Å². The van der Waals surface area contributed by atoms with Gasteiger partial charge in [0.25, 0.3) is 0 Å². The minimum absolute atomic E-state index is 0.00201. The number of benzene rings is 1. The van der Waals surface area contributed by atoms with Gasteiger partial charge in [-0.3, -0.25) is 0 Å². The Morgan fingerprint density at radius 1 is 1.32 bits per heavy atom. The SMILES string of the molecule is Cc1ccc(C(N)COC2CCCC(C)C2)c(C)c1. The van der Waals surface area contributed by atoms with Gasteiger partial charge in [-0.1, -0.05) is 43.5 Å². The van der Waals surface area contributed by atoms with Gasteiger partial charge in [0.1, 0.15) is 0 Å². The molecule has 0 heterocycles. The third-order valence-electron chi connectivity index (χ3n) is 4.22. The first-order valence-corrected chi connectivity index (χ1v) is 7.50. The number of hydrogen-bond acceptors (Lipinski definition) is 2. The van der Waals surface area contributed by atoms with Gasteiger partial charge in [-0.2, -0.15) is 0 Å². The molecule has 2 N–H and O–H groups in total. The fraction of sp³-hybridized carbons (Fsp3) is 0.647. The highest BCUT2D eigenvalue weighted by Gasteiger charge is 2.20. The lowest BCUT2D eigenvalue weighted by Gasteiger charge is -2.28. The number of nitrogens with two attached hydrogens (primary N) is 1. The standard InChI is InChI=1S/C17H27NO/c1-12-5-4-6-15(10-12)19-11-17(18)16-8-7-13(2)9-14(16)3/h7-9,12,15,17H,4-6,10-11,18H2,1-3H3. The zero-order valence-corrected chi connectivity index (χ0v) is 12.5. The van der Waals surface area contributed by atoms with E-state index in [4.69, 9.17) is 10.5 Å². The Kier molecular flexibility index (Phi) is 5.00. The molecule has 19 heavy (non-hydrogen) atoms. The summed E-state index contributed by atoms with van der Waals surface area (Å²) in [4.78, 5) is 0. The molecule has 0 spiro atoms. The molecule has 0 amide bonds. The van der Waals surface area contributed by atoms with Gasteiger partial charge in [-0.25, -0.2) is 0 Å². The molecular formula is C17H27NO. The smallest absolute Gasteiger partial charge is 0.0663 e. The minimum atomic E-state index is -0.00201. The molecule has 1 fully saturated rings. The average molecular weight is 261 g/mol. The van der Waals surface area contributed by atoms with Gasteiger partial charge < -0.3 is 10.5 Å². The van der Waals surface area contributed by atoms with Crippen LogP contribution in [-0.2, 0) is 4.74 Å². The largest absolute Gasteiger partial charge is 0.376 e. The molecule has 0 radical (unpaired) electrons. The average Bonchev–Trinajstić information content (AvgIpc) is 2.36. The molecule has 3 atom stereocenters. The summed E-state index contributed by atoms with van der Waals surface area (Å²) in [7, 11) is 0. The van der Waals surface area contributed by atoms with E-state index in [-0.39, 0.29) is 6.04 Å². The topological polar surface area (TPSA) is 35.2 Å². The molecule has 0 aromatic heterocycles. The highest BCUT2D eigenvalue weighted by atomic mass is 16.5. The van der Waals surface area contributed by atoms with Gasteiger partial charge >= 0.3 is 0 Å². The van der Waals surface area contributed by atoms with Crippen LogP contribution in [0.2, 0.25) is 0 Å². The summed E-state index contributed by atoms with van der Waals surface area (Å²) in [6, 6.07) is 6.46. The number of rotatable bonds is 4. The molecule has 106 valence electrons. The summed E-state index contributed by atoms with van der Waals surface area (Å²) >= 11 is 0. The van der Waals surface area contributed by atoms with Gasteiger partial charge in [-0.15, -0.1) is 0 Å². The van der Waals surface area contributed by atoms with Crippen LogP contribution < -0.4 is 5.73 Å². The molecule has 2 nitrogen and oxygen atoms in total. The molecule has 1 saturated carbocycles. The maximum absolute atomic E-state index is 6.27. The van der Waals surface area contributed by atoms with E-state index in [2.05, 4.69) is 39.0 Å². The molecular weight excluding hydrogens is 234 g/mol. The van der Waals surface area contributed by atoms with Crippen molar-refractivity contribution in [1.82, 2.24) is 0 Å². The van der Waals surface area contributed by atoms with E-state index in [0.717, 1.165) is 5.92 Å². The quantitative estimate of drug-likeness (QED) is 0.892. The Morgan fingerprint density at radius 2 is 2.11 bits per heavy atom. The van der Waals surface area contributed by atoms with Crippen molar-refractivity contribution < 1.29 is 4.74 Å². The molecule has 1 aliphatic carbocycles. The second-order valence-corrected chi connectivity index (χ2v) is 6.19. The second-order valence-electron chi connectivity index (χ2n) is 6.19. The lowest BCUT2D eigenvalue weighted by molar-refractivity contribution is 0.00845. The van der Waals surface area contributed by atoms with Crippen LogP contribution in [0.1, 0.15) is 55.3 Å². The van der Waals surface area contributed by atoms with Gasteiger partial charge in [0, 0.05) is 0 Å². The normalized spacial score (nSPS) is 25.3. The molecule has 2 rings (SSSR count). The third kappa shape index (κ3) is 4.05. The zero-order chi connectivity index (χ0) is 13.8. The van der Waals surface area contributed by atoms with Crippen molar-refractivity contribution in [3.8, 4) is 0 Å². The van der Waals surface area contributed by atoms with Gasteiger partial charge in [-0.05, 0) is 43.7 Å². The predicted molar refractivity (Wildman–Crippen MR) is 80.2 cm³/mol. The van der Waals surface area contributed by atoms with E-state index in [9.17, 15) is 0 Å². The first kappa shape index (κ1) is 14.5. The van der Waals surface area contributed by atoms with Crippen LogP contribution in [0.5, 0.6) is 0 Å². The Morgan fingerprint density at radius 3 is 2.79 bits per heavy atom. The predicted octanol–water partition coefficient (Wildman–Crippen LogP) is 3.90. The summed E-state index contributed by atoms with van der Waals surface area (Å²) in [5.41, 5.74) is 10.0. The van der Waals surface area contributed by atoms with Crippen molar-refractivity contribution in [1.29, 1.82) is 0 Å². The van der Waals surface area contributed by atoms with E-state index in [0.29, 0.717) is 12.7 Å². The summed E-state index contributed by atoms with van der Waals surface area (Å²) in [6.07, 6.45) is 5.46. The zero-order valence-electron chi connectivity index (χ0n) is 12.5. The van der Waals surface area contributed by atoms with Crippen molar-refractivity contribution >= 4 is 0 Å². The maximum atomic E-state index is 6.27. The molecule has 0 bridgehead atoms. The molecule has 1 aliphatic rings. The Balaban J connectivity index is 1.88. The van der Waals surface area contributed by atoms with E-state index < -0.39 is 0 Å². The molecule has 2 heteroatoms. The first-order chi connectivity index (χ1) is 9.06. The van der Waals surface area contributed by atoms with Crippen molar-refractivity contribution in [3.05, 3.63) is 34.9 Å². The Hall–Kier alpha value is -0.860. The van der Waals surface area contributed by atoms with Gasteiger partial charge in [0.2, 0.25) is 0 Å². The lowest BCUT2D eigenvalue weighted by Crippen LogP contribution is -2.26. The summed E-state index contributed by atoms with van der Waals surface area (Å²) in [5.74, 6) is 0.802. The number of ether oxygens (including phenoxy) is 1. The van der Waals surface area contributed by atoms with Crippen LogP contribution in [0.15, 0.2) is 18.2 Å². The highest BCUT2D eigenvalue weighted by Crippen LogP contribution is 2.27. The molecule has 1 aromatic carbocycles. The van der Waals surface area contributed by atoms with E-state index >= 15 is 0 Å². The van der Waals surface area contributed by atoms with E-state index in [1.54, 1.807) is 0 Å². The Bertz CT molecular complexity index is 416. The van der Waals surface area contributed by atoms with Crippen molar-refractivity contribution in [2.45, 2.75) is 58.6 Å².